The van der Waals surface area contributed by atoms with Crippen molar-refractivity contribution in [3.8, 4) is 11.3 Å². The Morgan fingerprint density at radius 1 is 1.33 bits per heavy atom. The first-order valence-electron chi connectivity index (χ1n) is 4.86. The molecule has 0 bridgehead atoms. The molecule has 0 amide bonds. The fraction of sp³-hybridized carbons (Fsp3) is 0.250. The number of benzene rings is 1. The number of hydrogen-bond donors (Lipinski definition) is 0. The van der Waals surface area contributed by atoms with Crippen molar-refractivity contribution in [2.45, 2.75) is 19.8 Å². The number of thiazole rings is 1. The minimum atomic E-state index is 0.459. The summed E-state index contributed by atoms with van der Waals surface area (Å²) in [6.45, 7) is 4.34. The molecule has 0 spiro atoms. The van der Waals surface area contributed by atoms with Crippen molar-refractivity contribution in [1.29, 1.82) is 0 Å². The molecule has 0 atom stereocenters. The molecule has 1 aromatic heterocycles. The average Bonchev–Trinajstić information content (AvgIpc) is 2.70. The van der Waals surface area contributed by atoms with Crippen molar-refractivity contribution in [3.63, 3.8) is 0 Å². The lowest BCUT2D eigenvalue weighted by Gasteiger charge is -2.11. The Morgan fingerprint density at radius 2 is 2.13 bits per heavy atom. The van der Waals surface area contributed by atoms with E-state index < -0.39 is 0 Å². The summed E-state index contributed by atoms with van der Waals surface area (Å²) in [5.74, 6) is 0.459. The van der Waals surface area contributed by atoms with Crippen LogP contribution in [0.5, 0.6) is 0 Å². The van der Waals surface area contributed by atoms with Gasteiger partial charge < -0.3 is 0 Å². The monoisotopic (exact) mass is 237 g/mol. The zero-order chi connectivity index (χ0) is 10.8. The van der Waals surface area contributed by atoms with Gasteiger partial charge in [0.1, 0.15) is 0 Å². The number of halogens is 1. The quantitative estimate of drug-likeness (QED) is 0.745. The van der Waals surface area contributed by atoms with E-state index in [-0.39, 0.29) is 0 Å². The highest BCUT2D eigenvalue weighted by Crippen LogP contribution is 2.31. The zero-order valence-corrected chi connectivity index (χ0v) is 10.3. The molecular formula is C12H12ClNS. The van der Waals surface area contributed by atoms with Gasteiger partial charge in [-0.1, -0.05) is 31.5 Å². The van der Waals surface area contributed by atoms with Crippen LogP contribution in [0, 0.1) is 0 Å². The van der Waals surface area contributed by atoms with E-state index in [4.69, 9.17) is 11.6 Å². The molecule has 3 heteroatoms. The third kappa shape index (κ3) is 2.21. The highest BCUT2D eigenvalue weighted by Gasteiger charge is 2.10. The van der Waals surface area contributed by atoms with Crippen LogP contribution in [-0.2, 0) is 0 Å². The first-order valence-corrected chi connectivity index (χ1v) is 6.18. The van der Waals surface area contributed by atoms with E-state index in [1.54, 1.807) is 11.3 Å². The van der Waals surface area contributed by atoms with Crippen LogP contribution in [0.4, 0.5) is 0 Å². The van der Waals surface area contributed by atoms with Crippen LogP contribution in [0.1, 0.15) is 25.3 Å². The normalized spacial score (nSPS) is 10.9. The van der Waals surface area contributed by atoms with Crippen molar-refractivity contribution >= 4 is 22.9 Å². The largest absolute Gasteiger partial charge is 0.245 e. The number of aromatic nitrogens is 1. The third-order valence-electron chi connectivity index (χ3n) is 2.34. The molecule has 1 heterocycles. The van der Waals surface area contributed by atoms with E-state index in [1.807, 2.05) is 23.7 Å². The lowest BCUT2D eigenvalue weighted by molar-refractivity contribution is 0.868. The first kappa shape index (κ1) is 10.7. The molecule has 1 nitrogen and oxygen atoms in total. The zero-order valence-electron chi connectivity index (χ0n) is 8.70. The highest BCUT2D eigenvalue weighted by atomic mass is 35.5. The van der Waals surface area contributed by atoms with Gasteiger partial charge in [0.2, 0.25) is 0 Å². The Bertz CT molecular complexity index is 449. The van der Waals surface area contributed by atoms with Gasteiger partial charge in [-0.3, -0.25) is 0 Å². The Balaban J connectivity index is 2.56. The maximum Gasteiger partial charge on any atom is 0.0814 e. The van der Waals surface area contributed by atoms with Crippen molar-refractivity contribution in [1.82, 2.24) is 4.98 Å². The minimum Gasteiger partial charge on any atom is -0.245 e. The molecule has 0 N–H and O–H groups in total. The maximum absolute atomic E-state index is 6.00. The molecule has 0 aliphatic carbocycles. The maximum atomic E-state index is 6.00. The van der Waals surface area contributed by atoms with Gasteiger partial charge in [-0.2, -0.15) is 0 Å². The molecule has 0 saturated carbocycles. The van der Waals surface area contributed by atoms with Crippen molar-refractivity contribution in [2.75, 3.05) is 0 Å². The number of rotatable bonds is 2. The van der Waals surface area contributed by atoms with Crippen LogP contribution in [0.2, 0.25) is 5.02 Å². The molecule has 0 fully saturated rings. The van der Waals surface area contributed by atoms with Gasteiger partial charge in [-0.15, -0.1) is 11.3 Å². The van der Waals surface area contributed by atoms with Gasteiger partial charge in [0.25, 0.3) is 0 Å². The van der Waals surface area contributed by atoms with Crippen LogP contribution >= 0.6 is 22.9 Å². The van der Waals surface area contributed by atoms with Crippen LogP contribution in [0.25, 0.3) is 11.3 Å². The van der Waals surface area contributed by atoms with E-state index in [0.29, 0.717) is 5.92 Å². The minimum absolute atomic E-state index is 0.459. The molecule has 0 aliphatic heterocycles. The second-order valence-corrected chi connectivity index (χ2v) is 4.92. The average molecular weight is 238 g/mol. The second kappa shape index (κ2) is 4.33. The van der Waals surface area contributed by atoms with E-state index in [2.05, 4.69) is 24.2 Å². The topological polar surface area (TPSA) is 12.9 Å². The predicted molar refractivity (Wildman–Crippen MR) is 66.6 cm³/mol. The molecule has 0 aliphatic rings. The summed E-state index contributed by atoms with van der Waals surface area (Å²) < 4.78 is 0. The van der Waals surface area contributed by atoms with Crippen LogP contribution in [-0.4, -0.2) is 4.98 Å². The molecule has 0 saturated heterocycles. The van der Waals surface area contributed by atoms with Gasteiger partial charge in [0.05, 0.1) is 11.2 Å². The van der Waals surface area contributed by atoms with Crippen LogP contribution in [0.15, 0.2) is 29.1 Å². The van der Waals surface area contributed by atoms with Gasteiger partial charge in [-0.05, 0) is 23.6 Å². The first-order chi connectivity index (χ1) is 7.18. The molecule has 2 aromatic rings. The van der Waals surface area contributed by atoms with Gasteiger partial charge in [0.15, 0.2) is 0 Å². The third-order valence-corrected chi connectivity index (χ3v) is 3.17. The summed E-state index contributed by atoms with van der Waals surface area (Å²) in [7, 11) is 0. The summed E-state index contributed by atoms with van der Waals surface area (Å²) in [6, 6.07) is 6.00. The molecule has 0 unspecified atom stereocenters. The van der Waals surface area contributed by atoms with E-state index in [0.717, 1.165) is 10.7 Å². The van der Waals surface area contributed by atoms with E-state index in [9.17, 15) is 0 Å². The Hall–Kier alpha value is -0.860. The predicted octanol–water partition coefficient (Wildman–Crippen LogP) is 4.59. The molecule has 78 valence electrons. The molecule has 1 aromatic carbocycles. The smallest absolute Gasteiger partial charge is 0.0814 e. The summed E-state index contributed by atoms with van der Waals surface area (Å²) in [5, 5.41) is 2.85. The van der Waals surface area contributed by atoms with Crippen molar-refractivity contribution in [2.24, 2.45) is 0 Å². The summed E-state index contributed by atoms with van der Waals surface area (Å²) in [4.78, 5) is 4.33. The molecular weight excluding hydrogens is 226 g/mol. The van der Waals surface area contributed by atoms with Crippen molar-refractivity contribution in [3.05, 3.63) is 39.7 Å². The standard InChI is InChI=1S/C12H12ClNS/c1-8(2)11-5-9(13)3-4-10(11)12-6-15-7-14-12/h3-8H,1-2H3. The van der Waals surface area contributed by atoms with E-state index >= 15 is 0 Å². The fourth-order valence-corrected chi connectivity index (χ4v) is 2.32. The molecule has 0 radical (unpaired) electrons. The molecule has 15 heavy (non-hydrogen) atoms. The lowest BCUT2D eigenvalue weighted by atomic mass is 9.96. The van der Waals surface area contributed by atoms with E-state index in [1.165, 1.54) is 11.1 Å². The summed E-state index contributed by atoms with van der Waals surface area (Å²) >= 11 is 7.62. The molecule has 2 rings (SSSR count). The lowest BCUT2D eigenvalue weighted by Crippen LogP contribution is -1.92. The summed E-state index contributed by atoms with van der Waals surface area (Å²) in [6.07, 6.45) is 0. The summed E-state index contributed by atoms with van der Waals surface area (Å²) in [5.41, 5.74) is 5.35. The number of nitrogens with zero attached hydrogens (tertiary/aromatic N) is 1. The SMILES string of the molecule is CC(C)c1cc(Cl)ccc1-c1cscn1. The highest BCUT2D eigenvalue weighted by molar-refractivity contribution is 7.07. The second-order valence-electron chi connectivity index (χ2n) is 3.76. The van der Waals surface area contributed by atoms with Gasteiger partial charge in [-0.25, -0.2) is 4.98 Å². The van der Waals surface area contributed by atoms with Crippen LogP contribution < -0.4 is 0 Å². The Morgan fingerprint density at radius 3 is 2.73 bits per heavy atom. The fourth-order valence-electron chi connectivity index (χ4n) is 1.59. The van der Waals surface area contributed by atoms with Crippen molar-refractivity contribution < 1.29 is 0 Å². The Labute approximate surface area is 98.7 Å². The number of hydrogen-bond acceptors (Lipinski definition) is 2. The van der Waals surface area contributed by atoms with Gasteiger partial charge in [0, 0.05) is 16.0 Å². The van der Waals surface area contributed by atoms with Gasteiger partial charge >= 0.3 is 0 Å². The Kier molecular flexibility index (Phi) is 3.08. The van der Waals surface area contributed by atoms with Crippen LogP contribution in [0.3, 0.4) is 0 Å².